The van der Waals surface area contributed by atoms with Crippen molar-refractivity contribution in [2.45, 2.75) is 45.2 Å². The minimum Gasteiger partial charge on any atom is -0.436 e. The number of non-ortho nitro benzene ring substituents is 1. The number of carbonyl (C=O) groups is 3. The zero-order valence-corrected chi connectivity index (χ0v) is 21.7. The highest BCUT2D eigenvalue weighted by molar-refractivity contribution is 6.23. The Morgan fingerprint density at radius 3 is 2.36 bits per heavy atom. The van der Waals surface area contributed by atoms with E-state index >= 15 is 0 Å². The van der Waals surface area contributed by atoms with Crippen LogP contribution in [0.1, 0.15) is 44.0 Å². The molecule has 0 N–H and O–H groups in total. The lowest BCUT2D eigenvalue weighted by Gasteiger charge is -2.41. The van der Waals surface area contributed by atoms with Gasteiger partial charge in [0.25, 0.3) is 17.5 Å². The van der Waals surface area contributed by atoms with Gasteiger partial charge in [-0.15, -0.1) is 0 Å². The predicted molar refractivity (Wildman–Crippen MR) is 144 cm³/mol. The van der Waals surface area contributed by atoms with Crippen LogP contribution in [0.5, 0.6) is 0 Å². The Labute approximate surface area is 224 Å². The molecule has 0 bridgehead atoms. The molecular formula is C29H26N4O6. The van der Waals surface area contributed by atoms with Crippen molar-refractivity contribution in [1.29, 1.82) is 0 Å². The Morgan fingerprint density at radius 2 is 1.74 bits per heavy atom. The molecule has 3 amide bonds. The summed E-state index contributed by atoms with van der Waals surface area (Å²) in [4.78, 5) is 57.9. The van der Waals surface area contributed by atoms with Gasteiger partial charge in [0, 0.05) is 28.8 Å². The first-order valence-corrected chi connectivity index (χ1v) is 12.5. The molecule has 1 aromatic heterocycles. The van der Waals surface area contributed by atoms with Crippen LogP contribution in [-0.2, 0) is 9.59 Å². The molecule has 2 heterocycles. The van der Waals surface area contributed by atoms with Gasteiger partial charge >= 0.3 is 0 Å². The summed E-state index contributed by atoms with van der Waals surface area (Å²) in [6.07, 6.45) is 0.344. The molecule has 1 aliphatic heterocycles. The van der Waals surface area contributed by atoms with Crippen LogP contribution in [0.25, 0.3) is 22.6 Å². The Kier molecular flexibility index (Phi) is 6.47. The van der Waals surface area contributed by atoms with Gasteiger partial charge < -0.3 is 9.32 Å². The summed E-state index contributed by atoms with van der Waals surface area (Å²) in [6, 6.07) is 18.3. The standard InChI is InChI=1S/C29H26N4O6/c1-4-29(2,3)32(27(35)19-11-15-21(16-12-19)33(37)38)23-17-25(34)31(28(23)36)20-13-9-18(10-14-20)26-30-22-7-5-6-8-24(22)39-26/h5-16,23H,4,17H2,1-3H3. The van der Waals surface area contributed by atoms with E-state index in [9.17, 15) is 24.5 Å². The van der Waals surface area contributed by atoms with Crippen LogP contribution < -0.4 is 4.90 Å². The number of rotatable bonds is 7. The maximum Gasteiger partial charge on any atom is 0.269 e. The van der Waals surface area contributed by atoms with Gasteiger partial charge in [0.05, 0.1) is 17.0 Å². The van der Waals surface area contributed by atoms with Crippen LogP contribution in [0.3, 0.4) is 0 Å². The molecule has 1 unspecified atom stereocenters. The third-order valence-corrected chi connectivity index (χ3v) is 7.16. The van der Waals surface area contributed by atoms with Crippen molar-refractivity contribution in [2.24, 2.45) is 0 Å². The molecule has 0 radical (unpaired) electrons. The molecule has 4 aromatic rings. The van der Waals surface area contributed by atoms with E-state index < -0.39 is 34.2 Å². The Hall–Kier alpha value is -4.86. The zero-order valence-electron chi connectivity index (χ0n) is 21.7. The molecule has 198 valence electrons. The second kappa shape index (κ2) is 9.79. The van der Waals surface area contributed by atoms with E-state index in [1.807, 2.05) is 45.0 Å². The summed E-state index contributed by atoms with van der Waals surface area (Å²) in [7, 11) is 0. The highest BCUT2D eigenvalue weighted by Crippen LogP contribution is 2.34. The van der Waals surface area contributed by atoms with Gasteiger partial charge in [-0.1, -0.05) is 19.1 Å². The average Bonchev–Trinajstić information content (AvgIpc) is 3.49. The number of hydrogen-bond donors (Lipinski definition) is 0. The lowest BCUT2D eigenvalue weighted by Crippen LogP contribution is -2.55. The van der Waals surface area contributed by atoms with Crippen molar-refractivity contribution in [2.75, 3.05) is 4.90 Å². The summed E-state index contributed by atoms with van der Waals surface area (Å²) in [5.41, 5.74) is 1.72. The Balaban J connectivity index is 1.43. The Bertz CT molecular complexity index is 1560. The van der Waals surface area contributed by atoms with E-state index in [-0.39, 0.29) is 17.7 Å². The summed E-state index contributed by atoms with van der Waals surface area (Å²) >= 11 is 0. The number of anilines is 1. The van der Waals surface area contributed by atoms with Crippen LogP contribution in [0.2, 0.25) is 0 Å². The Morgan fingerprint density at radius 1 is 1.08 bits per heavy atom. The number of hydrogen-bond acceptors (Lipinski definition) is 7. The highest BCUT2D eigenvalue weighted by atomic mass is 16.6. The van der Waals surface area contributed by atoms with Crippen molar-refractivity contribution < 1.29 is 23.7 Å². The minimum absolute atomic E-state index is 0.146. The van der Waals surface area contributed by atoms with E-state index in [2.05, 4.69) is 4.98 Å². The maximum atomic E-state index is 13.7. The smallest absolute Gasteiger partial charge is 0.269 e. The first-order valence-electron chi connectivity index (χ1n) is 12.5. The van der Waals surface area contributed by atoms with Crippen LogP contribution >= 0.6 is 0 Å². The topological polar surface area (TPSA) is 127 Å². The number of nitro groups is 1. The number of nitrogens with zero attached hydrogens (tertiary/aromatic N) is 4. The van der Waals surface area contributed by atoms with Gasteiger partial charge in [-0.3, -0.25) is 24.5 Å². The second-order valence-electron chi connectivity index (χ2n) is 9.97. The molecule has 0 saturated carbocycles. The summed E-state index contributed by atoms with van der Waals surface area (Å²) in [6.45, 7) is 5.54. The van der Waals surface area contributed by atoms with Gasteiger partial charge in [0.15, 0.2) is 5.58 Å². The molecule has 0 aliphatic carbocycles. The lowest BCUT2D eigenvalue weighted by atomic mass is 9.94. The molecule has 3 aromatic carbocycles. The number of carbonyl (C=O) groups excluding carboxylic acids is 3. The molecular weight excluding hydrogens is 500 g/mol. The summed E-state index contributed by atoms with van der Waals surface area (Å²) in [5.74, 6) is -0.986. The van der Waals surface area contributed by atoms with Crippen molar-refractivity contribution in [3.8, 4) is 11.5 Å². The van der Waals surface area contributed by atoms with Gasteiger partial charge in [-0.25, -0.2) is 9.88 Å². The van der Waals surface area contributed by atoms with Crippen molar-refractivity contribution in [3.63, 3.8) is 0 Å². The van der Waals surface area contributed by atoms with Gasteiger partial charge in [-0.05, 0) is 68.8 Å². The number of amides is 3. The number of imide groups is 1. The number of fused-ring (bicyclic) bond motifs is 1. The SMILES string of the molecule is CCC(C)(C)N(C(=O)c1ccc([N+](=O)[O-])cc1)C1CC(=O)N(c2ccc(-c3nc4ccccc4o3)cc2)C1=O. The van der Waals surface area contributed by atoms with Crippen molar-refractivity contribution >= 4 is 40.2 Å². The van der Waals surface area contributed by atoms with Crippen LogP contribution in [0.15, 0.2) is 77.2 Å². The fourth-order valence-electron chi connectivity index (χ4n) is 4.71. The van der Waals surface area contributed by atoms with Crippen molar-refractivity contribution in [1.82, 2.24) is 9.88 Å². The third-order valence-electron chi connectivity index (χ3n) is 7.16. The van der Waals surface area contributed by atoms with Gasteiger partial charge in [0.2, 0.25) is 11.8 Å². The molecule has 1 saturated heterocycles. The number of benzene rings is 3. The fraction of sp³-hybridized carbons (Fsp3) is 0.241. The van der Waals surface area contributed by atoms with E-state index in [1.165, 1.54) is 29.2 Å². The zero-order chi connectivity index (χ0) is 27.9. The molecule has 10 heteroatoms. The maximum absolute atomic E-state index is 13.7. The largest absolute Gasteiger partial charge is 0.436 e. The molecule has 39 heavy (non-hydrogen) atoms. The van der Waals surface area contributed by atoms with E-state index in [0.717, 1.165) is 10.4 Å². The van der Waals surface area contributed by atoms with E-state index in [4.69, 9.17) is 4.42 Å². The highest BCUT2D eigenvalue weighted by Gasteiger charge is 2.48. The average molecular weight is 527 g/mol. The normalized spacial score (nSPS) is 15.7. The van der Waals surface area contributed by atoms with Gasteiger partial charge in [-0.2, -0.15) is 0 Å². The van der Waals surface area contributed by atoms with Crippen LogP contribution in [0, 0.1) is 10.1 Å². The first-order chi connectivity index (χ1) is 18.6. The molecule has 10 nitrogen and oxygen atoms in total. The quantitative estimate of drug-likeness (QED) is 0.180. The second-order valence-corrected chi connectivity index (χ2v) is 9.97. The third kappa shape index (κ3) is 4.65. The predicted octanol–water partition coefficient (Wildman–Crippen LogP) is 5.37. The molecule has 5 rings (SSSR count). The van der Waals surface area contributed by atoms with Gasteiger partial charge in [0.1, 0.15) is 11.6 Å². The molecule has 1 atom stereocenters. The summed E-state index contributed by atoms with van der Waals surface area (Å²) < 4.78 is 5.81. The van der Waals surface area contributed by atoms with E-state index in [1.54, 1.807) is 24.3 Å². The van der Waals surface area contributed by atoms with Crippen LogP contribution in [-0.4, -0.2) is 44.1 Å². The van der Waals surface area contributed by atoms with E-state index in [0.29, 0.717) is 29.1 Å². The number of aromatic nitrogens is 1. The number of oxazole rings is 1. The lowest BCUT2D eigenvalue weighted by molar-refractivity contribution is -0.384. The monoisotopic (exact) mass is 526 g/mol. The summed E-state index contributed by atoms with van der Waals surface area (Å²) in [5, 5.41) is 11.0. The molecule has 0 spiro atoms. The van der Waals surface area contributed by atoms with Crippen molar-refractivity contribution in [3.05, 3.63) is 88.5 Å². The fourth-order valence-corrected chi connectivity index (χ4v) is 4.71. The molecule has 1 aliphatic rings. The van der Waals surface area contributed by atoms with Crippen LogP contribution in [0.4, 0.5) is 11.4 Å². The number of para-hydroxylation sites is 2. The minimum atomic E-state index is -1.02. The number of nitro benzene ring substituents is 1. The molecule has 1 fully saturated rings. The first kappa shape index (κ1) is 25.8.